The molecule has 6 nitrogen and oxygen atoms in total. The maximum Gasteiger partial charge on any atom is 0.415 e. The average Bonchev–Trinajstić information content (AvgIpc) is 3.12. The second kappa shape index (κ2) is 8.18. The lowest BCUT2D eigenvalue weighted by atomic mass is 10.0. The highest BCUT2D eigenvalue weighted by atomic mass is 32.1. The highest BCUT2D eigenvalue weighted by Gasteiger charge is 2.44. The number of primary amides is 1. The lowest BCUT2D eigenvalue weighted by molar-refractivity contribution is -0.252. The molecule has 1 amide bonds. The first-order chi connectivity index (χ1) is 14.6. The number of rotatable bonds is 4. The normalized spacial score (nSPS) is 20.3. The van der Waals surface area contributed by atoms with Gasteiger partial charge in [-0.2, -0.15) is 17.5 Å². The first-order valence-electron chi connectivity index (χ1n) is 9.72. The molecule has 2 N–H and O–H groups in total. The number of nitrogens with zero attached hydrogens (tertiary/aromatic N) is 3. The summed E-state index contributed by atoms with van der Waals surface area (Å²) in [5, 5.41) is 0.820. The van der Waals surface area contributed by atoms with Crippen molar-refractivity contribution in [2.75, 3.05) is 13.1 Å². The largest absolute Gasteiger partial charge is 0.415 e. The van der Waals surface area contributed by atoms with Crippen molar-refractivity contribution in [1.29, 1.82) is 0 Å². The second-order valence-electron chi connectivity index (χ2n) is 7.77. The van der Waals surface area contributed by atoms with E-state index in [0.29, 0.717) is 18.6 Å². The molecule has 2 atom stereocenters. The van der Waals surface area contributed by atoms with Crippen molar-refractivity contribution in [3.8, 4) is 10.4 Å². The van der Waals surface area contributed by atoms with E-state index in [4.69, 9.17) is 10.5 Å². The van der Waals surface area contributed by atoms with Crippen LogP contribution in [-0.2, 0) is 11.3 Å². The molecule has 0 radical (unpaired) electrons. The molecular formula is C21H21F3N4O2S. The number of nitrogens with two attached hydrogens (primary N) is 1. The van der Waals surface area contributed by atoms with Crippen LogP contribution in [0.5, 0.6) is 0 Å². The summed E-state index contributed by atoms with van der Waals surface area (Å²) in [7, 11) is 0. The van der Waals surface area contributed by atoms with Crippen molar-refractivity contribution < 1.29 is 22.7 Å². The van der Waals surface area contributed by atoms with E-state index in [1.54, 1.807) is 24.0 Å². The lowest BCUT2D eigenvalue weighted by Crippen LogP contribution is -2.51. The van der Waals surface area contributed by atoms with Crippen LogP contribution in [0, 0.1) is 6.92 Å². The summed E-state index contributed by atoms with van der Waals surface area (Å²) in [6.07, 6.45) is -6.74. The number of benzene rings is 1. The molecule has 10 heteroatoms. The minimum atomic E-state index is -4.41. The number of carbonyl (C=O) groups excluding carboxylic acids is 1. The fraction of sp³-hybridized carbons (Fsp3) is 0.381. The van der Waals surface area contributed by atoms with Crippen molar-refractivity contribution in [2.45, 2.75) is 38.8 Å². The molecule has 0 saturated carbocycles. The van der Waals surface area contributed by atoms with Crippen LogP contribution in [0.25, 0.3) is 21.3 Å². The Kier molecular flexibility index (Phi) is 5.71. The Hall–Kier alpha value is -2.56. The van der Waals surface area contributed by atoms with Gasteiger partial charge in [-0.1, -0.05) is 12.1 Å². The Balaban J connectivity index is 1.68. The average molecular weight is 450 g/mol. The molecule has 1 aromatic carbocycles. The number of aromatic nitrogens is 2. The van der Waals surface area contributed by atoms with Gasteiger partial charge in [-0.05, 0) is 49.1 Å². The smallest absolute Gasteiger partial charge is 0.364 e. The van der Waals surface area contributed by atoms with Crippen LogP contribution in [0.15, 0.2) is 30.3 Å². The van der Waals surface area contributed by atoms with Gasteiger partial charge in [0, 0.05) is 30.6 Å². The van der Waals surface area contributed by atoms with Gasteiger partial charge in [0.05, 0.1) is 22.2 Å². The molecule has 1 saturated heterocycles. The maximum atomic E-state index is 13.2. The van der Waals surface area contributed by atoms with E-state index in [1.807, 2.05) is 25.1 Å². The number of morpholine rings is 1. The number of aryl methyl sites for hydroxylation is 1. The minimum absolute atomic E-state index is 0.128. The molecule has 2 aromatic heterocycles. The van der Waals surface area contributed by atoms with E-state index in [9.17, 15) is 18.0 Å². The quantitative estimate of drug-likeness (QED) is 0.652. The zero-order valence-corrected chi connectivity index (χ0v) is 17.8. The third-order valence-electron chi connectivity index (χ3n) is 5.13. The SMILES string of the molecule is Cc1cc(-c2cc(C(N)=O)nc3cc(CN4C[C@@H](C)O[C@@H](C(F)(F)F)C4)ccc23)sn1. The number of ether oxygens (including phenoxy) is 1. The number of fused-ring (bicyclic) bond motifs is 1. The van der Waals surface area contributed by atoms with Crippen LogP contribution >= 0.6 is 11.5 Å². The number of pyridine rings is 1. The van der Waals surface area contributed by atoms with E-state index >= 15 is 0 Å². The molecule has 31 heavy (non-hydrogen) atoms. The van der Waals surface area contributed by atoms with E-state index in [2.05, 4.69) is 9.36 Å². The Morgan fingerprint density at radius 2 is 2.06 bits per heavy atom. The van der Waals surface area contributed by atoms with Gasteiger partial charge < -0.3 is 10.5 Å². The fourth-order valence-electron chi connectivity index (χ4n) is 3.80. The van der Waals surface area contributed by atoms with Crippen molar-refractivity contribution in [3.63, 3.8) is 0 Å². The van der Waals surface area contributed by atoms with Gasteiger partial charge in [0.1, 0.15) is 5.69 Å². The molecule has 164 valence electrons. The standard InChI is InChI=1S/C21H21F3N4O2S/c1-11-5-18(31-27-11)15-7-17(20(25)29)26-16-6-13(3-4-14(15)16)9-28-8-12(2)30-19(10-28)21(22,23)24/h3-7,12,19H,8-10H2,1-2H3,(H2,25,29)/t12-,19-/m1/s1. The molecule has 3 aromatic rings. The van der Waals surface area contributed by atoms with Crippen LogP contribution in [0.2, 0.25) is 0 Å². The lowest BCUT2D eigenvalue weighted by Gasteiger charge is -2.37. The third-order valence-corrected chi connectivity index (χ3v) is 6.04. The van der Waals surface area contributed by atoms with Crippen LogP contribution in [0.3, 0.4) is 0 Å². The van der Waals surface area contributed by atoms with Crippen LogP contribution in [-0.4, -0.2) is 51.6 Å². The maximum absolute atomic E-state index is 13.2. The first kappa shape index (κ1) is 21.7. The van der Waals surface area contributed by atoms with Crippen LogP contribution in [0.1, 0.15) is 28.7 Å². The summed E-state index contributed by atoms with van der Waals surface area (Å²) in [5.74, 6) is -0.648. The van der Waals surface area contributed by atoms with E-state index in [1.165, 1.54) is 11.5 Å². The summed E-state index contributed by atoms with van der Waals surface area (Å²) in [5.41, 5.74) is 8.62. The number of alkyl halides is 3. The van der Waals surface area contributed by atoms with E-state index in [0.717, 1.165) is 27.1 Å². The third kappa shape index (κ3) is 4.70. The summed E-state index contributed by atoms with van der Waals surface area (Å²) >= 11 is 1.31. The van der Waals surface area contributed by atoms with Crippen molar-refractivity contribution in [2.24, 2.45) is 5.73 Å². The Morgan fingerprint density at radius 3 is 2.71 bits per heavy atom. The zero-order chi connectivity index (χ0) is 22.3. The second-order valence-corrected chi connectivity index (χ2v) is 8.58. The highest BCUT2D eigenvalue weighted by Crippen LogP contribution is 2.33. The Bertz CT molecular complexity index is 1130. The van der Waals surface area contributed by atoms with E-state index < -0.39 is 24.3 Å². The van der Waals surface area contributed by atoms with Gasteiger partial charge in [0.2, 0.25) is 0 Å². The topological polar surface area (TPSA) is 81.3 Å². The molecule has 0 bridgehead atoms. The summed E-state index contributed by atoms with van der Waals surface area (Å²) in [6, 6.07) is 9.10. The molecule has 3 heterocycles. The number of halogens is 3. The predicted molar refractivity (Wildman–Crippen MR) is 112 cm³/mol. The van der Waals surface area contributed by atoms with Crippen molar-refractivity contribution in [3.05, 3.63) is 47.3 Å². The van der Waals surface area contributed by atoms with Gasteiger partial charge in [-0.15, -0.1) is 0 Å². The van der Waals surface area contributed by atoms with Gasteiger partial charge in [-0.3, -0.25) is 9.69 Å². The molecule has 0 aliphatic carbocycles. The highest BCUT2D eigenvalue weighted by molar-refractivity contribution is 7.09. The number of hydrogen-bond acceptors (Lipinski definition) is 6. The minimum Gasteiger partial charge on any atom is -0.364 e. The van der Waals surface area contributed by atoms with Gasteiger partial charge in [-0.25, -0.2) is 4.98 Å². The van der Waals surface area contributed by atoms with Crippen molar-refractivity contribution in [1.82, 2.24) is 14.3 Å². The molecular weight excluding hydrogens is 429 g/mol. The summed E-state index contributed by atoms with van der Waals surface area (Å²) in [4.78, 5) is 18.8. The fourth-order valence-corrected chi connectivity index (χ4v) is 4.59. The molecule has 1 aliphatic heterocycles. The van der Waals surface area contributed by atoms with Gasteiger partial charge in [0.15, 0.2) is 6.10 Å². The predicted octanol–water partition coefficient (Wildman–Crippen LogP) is 3.92. The Labute approximate surface area is 181 Å². The number of hydrogen-bond donors (Lipinski definition) is 1. The zero-order valence-electron chi connectivity index (χ0n) is 16.9. The molecule has 0 unspecified atom stereocenters. The van der Waals surface area contributed by atoms with Crippen LogP contribution < -0.4 is 5.73 Å². The summed E-state index contributed by atoms with van der Waals surface area (Å²) in [6.45, 7) is 3.99. The van der Waals surface area contributed by atoms with Gasteiger partial charge in [0.25, 0.3) is 5.91 Å². The molecule has 0 spiro atoms. The van der Waals surface area contributed by atoms with Crippen LogP contribution in [0.4, 0.5) is 13.2 Å². The van der Waals surface area contributed by atoms with E-state index in [-0.39, 0.29) is 12.2 Å². The van der Waals surface area contributed by atoms with Crippen molar-refractivity contribution >= 4 is 28.3 Å². The molecule has 4 rings (SSSR count). The number of carbonyl (C=O) groups is 1. The monoisotopic (exact) mass is 450 g/mol. The first-order valence-corrected chi connectivity index (χ1v) is 10.5. The summed E-state index contributed by atoms with van der Waals surface area (Å²) < 4.78 is 48.8. The van der Waals surface area contributed by atoms with Gasteiger partial charge >= 0.3 is 6.18 Å². The number of amides is 1. The molecule has 1 fully saturated rings. The Morgan fingerprint density at radius 1 is 1.29 bits per heavy atom. The molecule has 1 aliphatic rings.